The Morgan fingerprint density at radius 1 is 0.438 bits per heavy atom. The Morgan fingerprint density at radius 3 is 1.12 bits per heavy atom. The third-order valence-electron chi connectivity index (χ3n) is 10.5. The number of aliphatic hydroxyl groups is 4. The highest BCUT2D eigenvalue weighted by Crippen LogP contribution is 2.25. The molecule has 1 saturated heterocycles. The molecule has 6 nitrogen and oxygen atoms in total. The summed E-state index contributed by atoms with van der Waals surface area (Å²) in [7, 11) is 0. The first-order chi connectivity index (χ1) is 23.6. The number of aliphatic hydroxyl groups excluding tert-OH is 4. The normalized spacial score (nSPS) is 21.6. The predicted molar refractivity (Wildman–Crippen MR) is 204 cm³/mol. The van der Waals surface area contributed by atoms with E-state index in [1.54, 1.807) is 0 Å². The Labute approximate surface area is 298 Å². The first-order valence-corrected chi connectivity index (χ1v) is 21.3. The Bertz CT molecular complexity index is 689. The van der Waals surface area contributed by atoms with Crippen molar-refractivity contribution in [3.8, 4) is 0 Å². The molecule has 1 unspecified atom stereocenters. The number of rotatable bonds is 35. The lowest BCUT2D eigenvalue weighted by Gasteiger charge is -2.44. The van der Waals surface area contributed by atoms with Crippen LogP contribution in [0.4, 0.5) is 0 Å². The van der Waals surface area contributed by atoms with Crippen LogP contribution in [0, 0.1) is 0 Å². The van der Waals surface area contributed by atoms with E-state index in [9.17, 15) is 20.4 Å². The average molecular weight is 682 g/mol. The van der Waals surface area contributed by atoms with Crippen LogP contribution in [-0.4, -0.2) is 75.7 Å². The molecule has 0 aromatic rings. The molecule has 0 aromatic carbocycles. The topological polar surface area (TPSA) is 93.4 Å². The molecule has 0 aromatic heterocycles. The summed E-state index contributed by atoms with van der Waals surface area (Å²) in [5, 5.41) is 41.2. The van der Waals surface area contributed by atoms with E-state index < -0.39 is 30.6 Å². The van der Waals surface area contributed by atoms with Crippen molar-refractivity contribution in [3.63, 3.8) is 0 Å². The number of ether oxygens (including phenoxy) is 1. The fourth-order valence-electron chi connectivity index (χ4n) is 7.18. The van der Waals surface area contributed by atoms with Crippen LogP contribution in [0.2, 0.25) is 0 Å². The van der Waals surface area contributed by atoms with Crippen LogP contribution in [-0.2, 0) is 4.74 Å². The lowest BCUT2D eigenvalue weighted by molar-refractivity contribution is -0.265. The predicted octanol–water partition coefficient (Wildman–Crippen LogP) is 10.4. The summed E-state index contributed by atoms with van der Waals surface area (Å²) in [6.07, 6.45) is 38.6. The summed E-state index contributed by atoms with van der Waals surface area (Å²) >= 11 is 0. The zero-order valence-electron chi connectivity index (χ0n) is 32.0. The van der Waals surface area contributed by atoms with Crippen LogP contribution in [0.5, 0.6) is 0 Å². The number of unbranched alkanes of at least 4 members (excludes halogenated alkanes) is 27. The van der Waals surface area contributed by atoms with Crippen molar-refractivity contribution >= 4 is 0 Å². The molecule has 0 spiro atoms. The molecule has 5 atom stereocenters. The minimum atomic E-state index is -1.31. The van der Waals surface area contributed by atoms with Gasteiger partial charge in [0, 0.05) is 13.1 Å². The summed E-state index contributed by atoms with van der Waals surface area (Å²) in [4.78, 5) is 2.15. The van der Waals surface area contributed by atoms with Gasteiger partial charge in [-0.25, -0.2) is 0 Å². The zero-order valence-corrected chi connectivity index (χ0v) is 32.0. The maximum atomic E-state index is 10.8. The molecular formula is C42H83NO5. The van der Waals surface area contributed by atoms with Crippen molar-refractivity contribution < 1.29 is 25.2 Å². The average Bonchev–Trinajstić information content (AvgIpc) is 3.09. The van der Waals surface area contributed by atoms with Crippen LogP contribution in [0.15, 0.2) is 12.2 Å². The fourth-order valence-corrected chi connectivity index (χ4v) is 7.18. The van der Waals surface area contributed by atoms with Gasteiger partial charge in [-0.05, 0) is 38.5 Å². The largest absolute Gasteiger partial charge is 0.394 e. The van der Waals surface area contributed by atoms with Crippen molar-refractivity contribution in [1.29, 1.82) is 0 Å². The number of allylic oxidation sites excluding steroid dienone is 2. The first kappa shape index (κ1) is 45.5. The summed E-state index contributed by atoms with van der Waals surface area (Å²) in [5.41, 5.74) is 0. The zero-order chi connectivity index (χ0) is 34.9. The molecule has 0 aliphatic carbocycles. The van der Waals surface area contributed by atoms with E-state index in [2.05, 4.69) is 30.9 Å². The highest BCUT2D eigenvalue weighted by Gasteiger charge is 2.45. The summed E-state index contributed by atoms with van der Waals surface area (Å²) in [5.74, 6) is 0. The van der Waals surface area contributed by atoms with Crippen LogP contribution in [0.25, 0.3) is 0 Å². The lowest BCUT2D eigenvalue weighted by Crippen LogP contribution is -2.63. The van der Waals surface area contributed by atoms with E-state index in [1.165, 1.54) is 167 Å². The Morgan fingerprint density at radius 2 is 0.771 bits per heavy atom. The monoisotopic (exact) mass is 682 g/mol. The van der Waals surface area contributed by atoms with E-state index in [0.717, 1.165) is 38.8 Å². The van der Waals surface area contributed by atoms with Crippen molar-refractivity contribution in [2.45, 2.75) is 237 Å². The molecule has 1 rings (SSSR count). The molecule has 0 bridgehead atoms. The maximum Gasteiger partial charge on any atom is 0.140 e. The van der Waals surface area contributed by atoms with Crippen molar-refractivity contribution in [3.05, 3.63) is 12.2 Å². The molecule has 1 aliphatic heterocycles. The lowest BCUT2D eigenvalue weighted by atomic mass is 9.97. The van der Waals surface area contributed by atoms with E-state index >= 15 is 0 Å². The maximum absolute atomic E-state index is 10.8. The molecule has 1 aliphatic rings. The second-order valence-corrected chi connectivity index (χ2v) is 15.0. The summed E-state index contributed by atoms with van der Waals surface area (Å²) in [6.45, 7) is 5.77. The molecule has 0 saturated carbocycles. The highest BCUT2D eigenvalue weighted by atomic mass is 16.6. The van der Waals surface area contributed by atoms with Gasteiger partial charge >= 0.3 is 0 Å². The number of hydrogen-bond donors (Lipinski definition) is 4. The van der Waals surface area contributed by atoms with Gasteiger partial charge in [-0.3, -0.25) is 4.90 Å². The molecule has 48 heavy (non-hydrogen) atoms. The molecule has 1 fully saturated rings. The van der Waals surface area contributed by atoms with E-state index in [4.69, 9.17) is 4.74 Å². The first-order valence-electron chi connectivity index (χ1n) is 21.3. The SMILES string of the molecule is CCCCCCCC/C=C\CCCCCCCCN(CCCCCCCCCCCCCCCCCC)C1O[C@H](CO)[C@@H](O)[C@H](O)[C@H]1O. The number of nitrogens with zero attached hydrogens (tertiary/aromatic N) is 1. The van der Waals surface area contributed by atoms with E-state index in [0.29, 0.717) is 0 Å². The highest BCUT2D eigenvalue weighted by molar-refractivity contribution is 4.92. The summed E-state index contributed by atoms with van der Waals surface area (Å²) in [6, 6.07) is 0. The van der Waals surface area contributed by atoms with Gasteiger partial charge in [0.05, 0.1) is 6.61 Å². The Balaban J connectivity index is 2.22. The molecule has 1 heterocycles. The minimum absolute atomic E-state index is 0.372. The minimum Gasteiger partial charge on any atom is -0.394 e. The van der Waals surface area contributed by atoms with Gasteiger partial charge in [0.15, 0.2) is 0 Å². The third-order valence-corrected chi connectivity index (χ3v) is 10.5. The van der Waals surface area contributed by atoms with Crippen molar-refractivity contribution in [1.82, 2.24) is 4.90 Å². The molecule has 4 N–H and O–H groups in total. The third kappa shape index (κ3) is 23.8. The number of hydrogen-bond acceptors (Lipinski definition) is 6. The Kier molecular flexibility index (Phi) is 31.9. The van der Waals surface area contributed by atoms with Crippen LogP contribution in [0.3, 0.4) is 0 Å². The van der Waals surface area contributed by atoms with E-state index in [1.807, 2.05) is 0 Å². The standard InChI is InChI=1S/C42H83NO5/c1-3-5-7-9-11-13-15-17-19-21-23-25-27-29-31-33-35-43(42-41(47)40(46)39(45)38(37-44)48-42)36-34-32-30-28-26-24-22-20-18-16-14-12-10-8-6-4-2/h17,19,38-42,44-47H,3-16,18,20-37H2,1-2H3/b19-17-/t38-,39-,40+,41-,42?/m1/s1. The van der Waals surface area contributed by atoms with Crippen molar-refractivity contribution in [2.75, 3.05) is 19.7 Å². The Hall–Kier alpha value is -0.500. The van der Waals surface area contributed by atoms with Gasteiger partial charge in [-0.1, -0.05) is 180 Å². The smallest absolute Gasteiger partial charge is 0.140 e. The molecule has 286 valence electrons. The van der Waals surface area contributed by atoms with Gasteiger partial charge in [0.25, 0.3) is 0 Å². The van der Waals surface area contributed by atoms with Crippen molar-refractivity contribution in [2.24, 2.45) is 0 Å². The fraction of sp³-hybridized carbons (Fsp3) is 0.952. The van der Waals surface area contributed by atoms with Crippen LogP contribution in [0.1, 0.15) is 206 Å². The molecular weight excluding hydrogens is 598 g/mol. The van der Waals surface area contributed by atoms with Crippen LogP contribution < -0.4 is 0 Å². The molecule has 6 heteroatoms. The second kappa shape index (κ2) is 33.6. The quantitative estimate of drug-likeness (QED) is 0.0393. The van der Waals surface area contributed by atoms with Crippen LogP contribution >= 0.6 is 0 Å². The van der Waals surface area contributed by atoms with E-state index in [-0.39, 0.29) is 6.61 Å². The molecule has 0 radical (unpaired) electrons. The van der Waals surface area contributed by atoms with Gasteiger partial charge < -0.3 is 25.2 Å². The second-order valence-electron chi connectivity index (χ2n) is 15.0. The molecule has 0 amide bonds. The van der Waals surface area contributed by atoms with Gasteiger partial charge in [0.1, 0.15) is 30.6 Å². The van der Waals surface area contributed by atoms with Gasteiger partial charge in [-0.2, -0.15) is 0 Å². The summed E-state index contributed by atoms with van der Waals surface area (Å²) < 4.78 is 5.96. The van der Waals surface area contributed by atoms with Gasteiger partial charge in [0.2, 0.25) is 0 Å². The van der Waals surface area contributed by atoms with Gasteiger partial charge in [-0.15, -0.1) is 0 Å².